The summed E-state index contributed by atoms with van der Waals surface area (Å²) in [5, 5.41) is 7.96. The Balaban J connectivity index is 1.75. The molecule has 4 nitrogen and oxygen atoms in total. The van der Waals surface area contributed by atoms with Crippen molar-refractivity contribution in [3.8, 4) is 11.5 Å². The Kier molecular flexibility index (Phi) is 4.97. The molecule has 0 saturated carbocycles. The monoisotopic (exact) mass is 362 g/mol. The minimum absolute atomic E-state index is 0.0815. The zero-order valence-electron chi connectivity index (χ0n) is 12.6. The normalized spacial score (nSPS) is 12.1. The lowest BCUT2D eigenvalue weighted by Crippen LogP contribution is -2.13. The quantitative estimate of drug-likeness (QED) is 0.477. The second-order valence-corrected chi connectivity index (χ2v) is 6.72. The standard InChI is InChI=1S/C17H12ClFN2O2S/c1-10(15(22)11-5-4-6-12(18)9-11)24-17-21-20-16(23-17)13-7-2-3-8-14(13)19/h2-10H,1H3. The third kappa shape index (κ3) is 3.66. The van der Waals surface area contributed by atoms with E-state index in [9.17, 15) is 9.18 Å². The first-order valence-corrected chi connectivity index (χ1v) is 8.35. The molecule has 0 spiro atoms. The van der Waals surface area contributed by atoms with Gasteiger partial charge >= 0.3 is 0 Å². The van der Waals surface area contributed by atoms with Gasteiger partial charge in [-0.1, -0.05) is 47.6 Å². The van der Waals surface area contributed by atoms with Crippen LogP contribution in [-0.4, -0.2) is 21.2 Å². The number of ketones is 1. The van der Waals surface area contributed by atoms with Gasteiger partial charge < -0.3 is 4.42 Å². The molecule has 1 heterocycles. The number of halogens is 2. The molecule has 2 aromatic carbocycles. The van der Waals surface area contributed by atoms with Crippen LogP contribution < -0.4 is 0 Å². The molecule has 3 rings (SSSR count). The summed E-state index contributed by atoms with van der Waals surface area (Å²) in [4.78, 5) is 12.4. The number of carbonyl (C=O) groups is 1. The molecule has 0 N–H and O–H groups in total. The van der Waals surface area contributed by atoms with Crippen LogP contribution in [0.5, 0.6) is 0 Å². The van der Waals surface area contributed by atoms with Crippen molar-refractivity contribution in [3.63, 3.8) is 0 Å². The fraction of sp³-hybridized carbons (Fsp3) is 0.118. The first-order chi connectivity index (χ1) is 11.5. The molecule has 0 bridgehead atoms. The van der Waals surface area contributed by atoms with Gasteiger partial charge in [-0.05, 0) is 31.2 Å². The van der Waals surface area contributed by atoms with Crippen molar-refractivity contribution in [2.24, 2.45) is 0 Å². The van der Waals surface area contributed by atoms with E-state index in [-0.39, 0.29) is 22.5 Å². The Morgan fingerprint density at radius 1 is 1.21 bits per heavy atom. The van der Waals surface area contributed by atoms with Gasteiger partial charge in [0.05, 0.1) is 10.8 Å². The van der Waals surface area contributed by atoms with E-state index in [1.165, 1.54) is 6.07 Å². The third-order valence-corrected chi connectivity index (χ3v) is 4.44. The average molecular weight is 363 g/mol. The maximum Gasteiger partial charge on any atom is 0.277 e. The number of carbonyl (C=O) groups excluding carboxylic acids is 1. The summed E-state index contributed by atoms with van der Waals surface area (Å²) in [6.07, 6.45) is 0. The first-order valence-electron chi connectivity index (χ1n) is 7.09. The van der Waals surface area contributed by atoms with Crippen molar-refractivity contribution < 1.29 is 13.6 Å². The Hall–Kier alpha value is -2.18. The number of nitrogens with zero attached hydrogens (tertiary/aromatic N) is 2. The molecule has 0 amide bonds. The number of Topliss-reactive ketones (excluding diaryl/α,β-unsaturated/α-hetero) is 1. The van der Waals surface area contributed by atoms with Crippen molar-refractivity contribution in [2.75, 3.05) is 0 Å². The summed E-state index contributed by atoms with van der Waals surface area (Å²) in [5.74, 6) is -0.466. The van der Waals surface area contributed by atoms with E-state index in [0.717, 1.165) is 11.8 Å². The van der Waals surface area contributed by atoms with E-state index < -0.39 is 11.1 Å². The van der Waals surface area contributed by atoms with E-state index >= 15 is 0 Å². The molecule has 1 aromatic heterocycles. The summed E-state index contributed by atoms with van der Waals surface area (Å²) in [5.41, 5.74) is 0.738. The van der Waals surface area contributed by atoms with Crippen LogP contribution in [0.1, 0.15) is 17.3 Å². The number of hydrogen-bond donors (Lipinski definition) is 0. The highest BCUT2D eigenvalue weighted by molar-refractivity contribution is 8.00. The van der Waals surface area contributed by atoms with Crippen molar-refractivity contribution >= 4 is 29.1 Å². The number of thioether (sulfide) groups is 1. The molecule has 0 radical (unpaired) electrons. The molecular weight excluding hydrogens is 351 g/mol. The summed E-state index contributed by atoms with van der Waals surface area (Å²) in [6, 6.07) is 12.9. The molecule has 3 aromatic rings. The van der Waals surface area contributed by atoms with Gasteiger partial charge in [0.15, 0.2) is 5.78 Å². The lowest BCUT2D eigenvalue weighted by molar-refractivity contribution is 0.0993. The molecule has 1 atom stereocenters. The summed E-state index contributed by atoms with van der Waals surface area (Å²) < 4.78 is 19.2. The van der Waals surface area contributed by atoms with E-state index in [2.05, 4.69) is 10.2 Å². The Bertz CT molecular complexity index is 884. The topological polar surface area (TPSA) is 56.0 Å². The van der Waals surface area contributed by atoms with Gasteiger partial charge in [0.2, 0.25) is 0 Å². The Morgan fingerprint density at radius 2 is 2.00 bits per heavy atom. The lowest BCUT2D eigenvalue weighted by Gasteiger charge is -2.07. The van der Waals surface area contributed by atoms with Gasteiger partial charge in [0.25, 0.3) is 11.1 Å². The van der Waals surface area contributed by atoms with Gasteiger partial charge in [-0.3, -0.25) is 4.79 Å². The molecule has 0 aliphatic carbocycles. The molecular formula is C17H12ClFN2O2S. The van der Waals surface area contributed by atoms with Crippen LogP contribution in [0.4, 0.5) is 4.39 Å². The van der Waals surface area contributed by atoms with Crippen molar-refractivity contribution in [3.05, 3.63) is 64.9 Å². The third-order valence-electron chi connectivity index (χ3n) is 3.27. The maximum absolute atomic E-state index is 13.7. The number of aromatic nitrogens is 2. The molecule has 0 saturated heterocycles. The minimum atomic E-state index is -0.447. The fourth-order valence-corrected chi connectivity index (χ4v) is 3.03. The molecule has 7 heteroatoms. The molecule has 122 valence electrons. The minimum Gasteiger partial charge on any atom is -0.411 e. The summed E-state index contributed by atoms with van der Waals surface area (Å²) >= 11 is 7.02. The first kappa shape index (κ1) is 16.7. The van der Waals surface area contributed by atoms with Crippen LogP contribution in [0.2, 0.25) is 5.02 Å². The van der Waals surface area contributed by atoms with Crippen LogP contribution >= 0.6 is 23.4 Å². The summed E-state index contributed by atoms with van der Waals surface area (Å²) in [6.45, 7) is 1.74. The van der Waals surface area contributed by atoms with E-state index in [0.29, 0.717) is 10.6 Å². The molecule has 0 aliphatic rings. The van der Waals surface area contributed by atoms with E-state index in [1.54, 1.807) is 49.4 Å². The SMILES string of the molecule is CC(Sc1nnc(-c2ccccc2F)o1)C(=O)c1cccc(Cl)c1. The van der Waals surface area contributed by atoms with Crippen LogP contribution in [0.25, 0.3) is 11.5 Å². The molecule has 0 aliphatic heterocycles. The van der Waals surface area contributed by atoms with Gasteiger partial charge in [0.1, 0.15) is 5.82 Å². The summed E-state index contributed by atoms with van der Waals surface area (Å²) in [7, 11) is 0. The number of rotatable bonds is 5. The maximum atomic E-state index is 13.7. The number of hydrogen-bond acceptors (Lipinski definition) is 5. The highest BCUT2D eigenvalue weighted by atomic mass is 35.5. The van der Waals surface area contributed by atoms with Gasteiger partial charge in [0, 0.05) is 10.6 Å². The smallest absolute Gasteiger partial charge is 0.277 e. The van der Waals surface area contributed by atoms with Gasteiger partial charge in [-0.15, -0.1) is 10.2 Å². The van der Waals surface area contributed by atoms with Crippen LogP contribution in [0.3, 0.4) is 0 Å². The zero-order valence-corrected chi connectivity index (χ0v) is 14.1. The Morgan fingerprint density at radius 3 is 2.75 bits per heavy atom. The van der Waals surface area contributed by atoms with Crippen molar-refractivity contribution in [1.29, 1.82) is 0 Å². The number of benzene rings is 2. The highest BCUT2D eigenvalue weighted by Crippen LogP contribution is 2.29. The van der Waals surface area contributed by atoms with E-state index in [1.807, 2.05) is 0 Å². The van der Waals surface area contributed by atoms with Crippen LogP contribution in [0, 0.1) is 5.82 Å². The molecule has 24 heavy (non-hydrogen) atoms. The zero-order chi connectivity index (χ0) is 17.1. The molecule has 1 unspecified atom stereocenters. The second-order valence-electron chi connectivity index (χ2n) is 4.99. The second kappa shape index (κ2) is 7.15. The predicted octanol–water partition coefficient (Wildman–Crippen LogP) is 4.89. The predicted molar refractivity (Wildman–Crippen MR) is 90.8 cm³/mol. The lowest BCUT2D eigenvalue weighted by atomic mass is 10.1. The van der Waals surface area contributed by atoms with E-state index in [4.69, 9.17) is 16.0 Å². The highest BCUT2D eigenvalue weighted by Gasteiger charge is 2.21. The van der Waals surface area contributed by atoms with Gasteiger partial charge in [-0.25, -0.2) is 4.39 Å². The largest absolute Gasteiger partial charge is 0.411 e. The van der Waals surface area contributed by atoms with Crippen LogP contribution in [-0.2, 0) is 0 Å². The van der Waals surface area contributed by atoms with Gasteiger partial charge in [-0.2, -0.15) is 0 Å². The van der Waals surface area contributed by atoms with Crippen molar-refractivity contribution in [1.82, 2.24) is 10.2 Å². The van der Waals surface area contributed by atoms with Crippen LogP contribution in [0.15, 0.2) is 58.2 Å². The average Bonchev–Trinajstić information content (AvgIpc) is 3.02. The molecule has 0 fully saturated rings. The fourth-order valence-electron chi connectivity index (χ4n) is 2.08. The van der Waals surface area contributed by atoms with Crippen molar-refractivity contribution in [2.45, 2.75) is 17.4 Å². The Labute approximate surface area is 147 Å².